The second kappa shape index (κ2) is 11.9. The molecular weight excluding hydrogens is 556 g/mol. The molecule has 0 radical (unpaired) electrons. The largest absolute Gasteiger partial charge is 0.494 e. The van der Waals surface area contributed by atoms with E-state index in [1.807, 2.05) is 61.5 Å². The Labute approximate surface area is 236 Å². The fourth-order valence-electron chi connectivity index (χ4n) is 3.91. The number of nitrogens with zero attached hydrogens (tertiary/aromatic N) is 3. The molecule has 5 aromatic rings. The van der Waals surface area contributed by atoms with Crippen LogP contribution in [0.4, 0.5) is 4.39 Å². The summed E-state index contributed by atoms with van der Waals surface area (Å²) in [4.78, 5) is 31.3. The van der Waals surface area contributed by atoms with Gasteiger partial charge in [-0.2, -0.15) is 0 Å². The Morgan fingerprint density at radius 2 is 1.69 bits per heavy atom. The van der Waals surface area contributed by atoms with E-state index in [0.717, 1.165) is 40.1 Å². The van der Waals surface area contributed by atoms with E-state index in [-0.39, 0.29) is 17.2 Å². The monoisotopic (exact) mass is 578 g/mol. The molecule has 1 amide bonds. The van der Waals surface area contributed by atoms with Crippen molar-refractivity contribution in [2.45, 2.75) is 18.6 Å². The number of fused-ring (bicyclic) bond motifs is 1. The third-order valence-electron chi connectivity index (χ3n) is 5.73. The van der Waals surface area contributed by atoms with Gasteiger partial charge in [0.1, 0.15) is 16.3 Å². The Hall–Kier alpha value is -3.80. The van der Waals surface area contributed by atoms with Crippen LogP contribution in [-0.4, -0.2) is 32.4 Å². The fourth-order valence-corrected chi connectivity index (χ4v) is 6.05. The lowest BCUT2D eigenvalue weighted by Gasteiger charge is -2.13. The van der Waals surface area contributed by atoms with E-state index in [2.05, 4.69) is 5.32 Å². The van der Waals surface area contributed by atoms with E-state index >= 15 is 0 Å². The summed E-state index contributed by atoms with van der Waals surface area (Å²) in [6.07, 6.45) is 0. The van der Waals surface area contributed by atoms with Gasteiger partial charge in [-0.25, -0.2) is 9.37 Å². The zero-order valence-corrected chi connectivity index (χ0v) is 23.2. The van der Waals surface area contributed by atoms with Gasteiger partial charge in [0, 0.05) is 12.2 Å². The Balaban J connectivity index is 1.54. The van der Waals surface area contributed by atoms with Gasteiger partial charge in [0.2, 0.25) is 5.91 Å². The molecule has 0 bridgehead atoms. The number of thiazole rings is 1. The van der Waals surface area contributed by atoms with Gasteiger partial charge in [0.25, 0.3) is 5.56 Å². The summed E-state index contributed by atoms with van der Waals surface area (Å²) < 4.78 is 23.2. The number of hydrogen-bond acceptors (Lipinski definition) is 7. The Morgan fingerprint density at radius 1 is 1.03 bits per heavy atom. The van der Waals surface area contributed by atoms with Crippen molar-refractivity contribution in [3.8, 4) is 17.1 Å². The van der Waals surface area contributed by atoms with Crippen molar-refractivity contribution >= 4 is 51.6 Å². The van der Waals surface area contributed by atoms with Gasteiger partial charge in [-0.1, -0.05) is 53.4 Å². The lowest BCUT2D eigenvalue weighted by molar-refractivity contribution is -0.118. The third-order valence-corrected chi connectivity index (χ3v) is 8.02. The minimum absolute atomic E-state index is 0.0277. The van der Waals surface area contributed by atoms with Gasteiger partial charge in [0.15, 0.2) is 14.8 Å². The number of carbonyl (C=O) groups excluding carboxylic acids is 1. The zero-order chi connectivity index (χ0) is 27.4. The van der Waals surface area contributed by atoms with Crippen LogP contribution < -0.4 is 15.6 Å². The summed E-state index contributed by atoms with van der Waals surface area (Å²) in [7, 11) is 0. The molecule has 2 heterocycles. The summed E-state index contributed by atoms with van der Waals surface area (Å²) >= 11 is 7.91. The molecule has 0 aliphatic carbocycles. The first-order chi connectivity index (χ1) is 18.9. The average molecular weight is 579 g/mol. The molecule has 39 heavy (non-hydrogen) atoms. The summed E-state index contributed by atoms with van der Waals surface area (Å²) in [5.74, 6) is 0.113. The second-order valence-electron chi connectivity index (χ2n) is 8.35. The fraction of sp³-hybridized carbons (Fsp3) is 0.143. The van der Waals surface area contributed by atoms with Crippen LogP contribution in [0.2, 0.25) is 0 Å². The summed E-state index contributed by atoms with van der Waals surface area (Å²) in [5.41, 5.74) is 2.20. The van der Waals surface area contributed by atoms with Crippen LogP contribution >= 0.6 is 35.3 Å². The van der Waals surface area contributed by atoms with Crippen LogP contribution in [0.25, 0.3) is 21.7 Å². The van der Waals surface area contributed by atoms with E-state index < -0.39 is 5.82 Å². The van der Waals surface area contributed by atoms with Gasteiger partial charge < -0.3 is 10.1 Å². The van der Waals surface area contributed by atoms with Crippen molar-refractivity contribution in [1.29, 1.82) is 0 Å². The molecule has 5 rings (SSSR count). The minimum Gasteiger partial charge on any atom is -0.494 e. The number of halogens is 1. The molecule has 11 heteroatoms. The maximum Gasteiger partial charge on any atom is 0.278 e. The highest BCUT2D eigenvalue weighted by Crippen LogP contribution is 2.28. The molecule has 0 atom stereocenters. The lowest BCUT2D eigenvalue weighted by atomic mass is 10.2. The van der Waals surface area contributed by atoms with E-state index in [9.17, 15) is 14.0 Å². The number of hydrogen-bond donors (Lipinski definition) is 1. The number of carbonyl (C=O) groups is 1. The van der Waals surface area contributed by atoms with Crippen molar-refractivity contribution in [3.63, 3.8) is 0 Å². The molecule has 0 saturated heterocycles. The van der Waals surface area contributed by atoms with Crippen molar-refractivity contribution in [3.05, 3.63) is 105 Å². The molecule has 7 nitrogen and oxygen atoms in total. The summed E-state index contributed by atoms with van der Waals surface area (Å²) in [5, 5.41) is 3.18. The summed E-state index contributed by atoms with van der Waals surface area (Å²) in [6.45, 7) is 2.84. The predicted molar refractivity (Wildman–Crippen MR) is 156 cm³/mol. The van der Waals surface area contributed by atoms with E-state index in [1.165, 1.54) is 28.8 Å². The molecule has 0 aliphatic heterocycles. The number of thioether (sulfide) groups is 1. The number of amides is 1. The van der Waals surface area contributed by atoms with E-state index in [4.69, 9.17) is 21.9 Å². The summed E-state index contributed by atoms with van der Waals surface area (Å²) in [6, 6.07) is 22.5. The number of rotatable bonds is 9. The van der Waals surface area contributed by atoms with Crippen LogP contribution in [0.3, 0.4) is 0 Å². The third kappa shape index (κ3) is 5.95. The number of aromatic nitrogens is 3. The topological polar surface area (TPSA) is 78.1 Å². The van der Waals surface area contributed by atoms with Gasteiger partial charge in [-0.3, -0.25) is 18.7 Å². The SMILES string of the molecule is CCOc1ccc(-n2c(=S)sc3c(=O)n(-c4ccc(F)cc4)c(SCC(=O)NCc4ccccc4)nc32)cc1. The van der Waals surface area contributed by atoms with Crippen molar-refractivity contribution in [2.24, 2.45) is 0 Å². The average Bonchev–Trinajstić information content (AvgIpc) is 3.28. The molecule has 0 fully saturated rings. The minimum atomic E-state index is -0.423. The standard InChI is InChI=1S/C28H23FN4O3S3/c1-2-36-22-14-12-20(13-15-22)32-25-24(39-28(32)37)26(35)33(21-10-8-19(29)9-11-21)27(31-25)38-17-23(34)30-16-18-6-4-3-5-7-18/h3-15H,2,16-17H2,1H3,(H,30,34). The first-order valence-electron chi connectivity index (χ1n) is 12.1. The number of nitrogens with one attached hydrogen (secondary N) is 1. The first kappa shape index (κ1) is 26.8. The van der Waals surface area contributed by atoms with Crippen LogP contribution in [0, 0.1) is 9.77 Å². The Kier molecular flexibility index (Phi) is 8.20. The highest BCUT2D eigenvalue weighted by atomic mass is 32.2. The van der Waals surface area contributed by atoms with Gasteiger partial charge in [-0.15, -0.1) is 0 Å². The maximum absolute atomic E-state index is 13.8. The molecule has 2 aromatic heterocycles. The van der Waals surface area contributed by atoms with Crippen LogP contribution in [0.5, 0.6) is 5.75 Å². The van der Waals surface area contributed by atoms with Crippen LogP contribution in [-0.2, 0) is 11.3 Å². The number of ether oxygens (including phenoxy) is 1. The Bertz CT molecular complexity index is 1730. The quantitative estimate of drug-likeness (QED) is 0.133. The normalized spacial score (nSPS) is 11.0. The molecule has 198 valence electrons. The van der Waals surface area contributed by atoms with Crippen molar-refractivity contribution < 1.29 is 13.9 Å². The predicted octanol–water partition coefficient (Wildman–Crippen LogP) is 5.91. The number of benzene rings is 3. The molecular formula is C28H23FN4O3S3. The van der Waals surface area contributed by atoms with Crippen LogP contribution in [0.15, 0.2) is 88.8 Å². The molecule has 3 aromatic carbocycles. The van der Waals surface area contributed by atoms with Crippen molar-refractivity contribution in [2.75, 3.05) is 12.4 Å². The van der Waals surface area contributed by atoms with E-state index in [1.54, 1.807) is 4.57 Å². The van der Waals surface area contributed by atoms with E-state index in [0.29, 0.717) is 38.3 Å². The highest BCUT2D eigenvalue weighted by Gasteiger charge is 2.20. The molecule has 0 saturated carbocycles. The smallest absolute Gasteiger partial charge is 0.278 e. The van der Waals surface area contributed by atoms with Crippen molar-refractivity contribution in [1.82, 2.24) is 19.4 Å². The van der Waals surface area contributed by atoms with Gasteiger partial charge >= 0.3 is 0 Å². The molecule has 1 N–H and O–H groups in total. The zero-order valence-electron chi connectivity index (χ0n) is 20.8. The molecule has 0 spiro atoms. The first-order valence-corrected chi connectivity index (χ1v) is 14.3. The molecule has 0 unspecified atom stereocenters. The van der Waals surface area contributed by atoms with Crippen LogP contribution in [0.1, 0.15) is 12.5 Å². The second-order valence-corrected chi connectivity index (χ2v) is 10.9. The Morgan fingerprint density at radius 3 is 2.38 bits per heavy atom. The van der Waals surface area contributed by atoms with Gasteiger partial charge in [-0.05, 0) is 73.2 Å². The lowest BCUT2D eigenvalue weighted by Crippen LogP contribution is -2.26. The maximum atomic E-state index is 13.8. The molecule has 0 aliphatic rings. The van der Waals surface area contributed by atoms with Gasteiger partial charge in [0.05, 0.1) is 18.0 Å². The highest BCUT2D eigenvalue weighted by molar-refractivity contribution is 7.99.